The molecule has 1 aromatic rings. The summed E-state index contributed by atoms with van der Waals surface area (Å²) < 4.78 is 5.60. The SMILES string of the molecule is COc1ccc(C(=O)N2CCC(C#N)(SC)CC2)cc1Br. The number of hydrogen-bond donors (Lipinski definition) is 0. The van der Waals surface area contributed by atoms with Crippen LogP contribution in [0.5, 0.6) is 5.75 Å². The molecule has 112 valence electrons. The molecule has 1 fully saturated rings. The van der Waals surface area contributed by atoms with Gasteiger partial charge in [0.1, 0.15) is 10.5 Å². The van der Waals surface area contributed by atoms with E-state index < -0.39 is 0 Å². The van der Waals surface area contributed by atoms with Crippen LogP contribution >= 0.6 is 27.7 Å². The molecule has 1 heterocycles. The molecular weight excluding hydrogens is 352 g/mol. The first kappa shape index (κ1) is 16.2. The van der Waals surface area contributed by atoms with Gasteiger partial charge in [-0.25, -0.2) is 0 Å². The zero-order valence-electron chi connectivity index (χ0n) is 12.1. The van der Waals surface area contributed by atoms with Crippen molar-refractivity contribution in [2.45, 2.75) is 17.6 Å². The van der Waals surface area contributed by atoms with Gasteiger partial charge in [-0.1, -0.05) is 0 Å². The predicted octanol–water partition coefficient (Wildman–Crippen LogP) is 3.32. The second-order valence-corrected chi connectivity index (χ2v) is 7.00. The molecule has 1 saturated heterocycles. The Hall–Kier alpha value is -1.19. The Morgan fingerprint density at radius 1 is 1.48 bits per heavy atom. The van der Waals surface area contributed by atoms with Gasteiger partial charge in [0.2, 0.25) is 0 Å². The van der Waals surface area contributed by atoms with Gasteiger partial charge in [0.25, 0.3) is 5.91 Å². The van der Waals surface area contributed by atoms with Crippen molar-refractivity contribution >= 4 is 33.6 Å². The van der Waals surface area contributed by atoms with Crippen LogP contribution in [0.2, 0.25) is 0 Å². The normalized spacial score (nSPS) is 17.1. The lowest BCUT2D eigenvalue weighted by Crippen LogP contribution is -2.44. The molecule has 0 atom stereocenters. The molecule has 1 amide bonds. The quantitative estimate of drug-likeness (QED) is 0.820. The number of benzene rings is 1. The molecule has 6 heteroatoms. The van der Waals surface area contributed by atoms with Crippen molar-refractivity contribution < 1.29 is 9.53 Å². The molecule has 1 aliphatic rings. The van der Waals surface area contributed by atoms with Gasteiger partial charge < -0.3 is 9.64 Å². The van der Waals surface area contributed by atoms with Crippen LogP contribution in [0, 0.1) is 11.3 Å². The van der Waals surface area contributed by atoms with Crippen molar-refractivity contribution in [3.05, 3.63) is 28.2 Å². The molecule has 0 aromatic heterocycles. The van der Waals surface area contributed by atoms with Crippen LogP contribution in [0.4, 0.5) is 0 Å². The molecule has 1 aromatic carbocycles. The van der Waals surface area contributed by atoms with Crippen molar-refractivity contribution in [1.29, 1.82) is 5.26 Å². The lowest BCUT2D eigenvalue weighted by Gasteiger charge is -2.36. The Kier molecular flexibility index (Phi) is 5.17. The molecule has 2 rings (SSSR count). The molecule has 0 spiro atoms. The number of carbonyl (C=O) groups excluding carboxylic acids is 1. The number of thioether (sulfide) groups is 1. The Labute approximate surface area is 137 Å². The van der Waals surface area contributed by atoms with E-state index in [2.05, 4.69) is 22.0 Å². The zero-order valence-corrected chi connectivity index (χ0v) is 14.5. The van der Waals surface area contributed by atoms with Gasteiger partial charge in [0.15, 0.2) is 0 Å². The fourth-order valence-electron chi connectivity index (χ4n) is 2.41. The summed E-state index contributed by atoms with van der Waals surface area (Å²) in [5, 5.41) is 9.28. The highest BCUT2D eigenvalue weighted by Gasteiger charge is 2.35. The van der Waals surface area contributed by atoms with Gasteiger partial charge in [-0.2, -0.15) is 5.26 Å². The highest BCUT2D eigenvalue weighted by Crippen LogP contribution is 2.34. The van der Waals surface area contributed by atoms with Crippen LogP contribution in [0.3, 0.4) is 0 Å². The van der Waals surface area contributed by atoms with Crippen LogP contribution < -0.4 is 4.74 Å². The highest BCUT2D eigenvalue weighted by atomic mass is 79.9. The summed E-state index contributed by atoms with van der Waals surface area (Å²) in [7, 11) is 1.59. The van der Waals surface area contributed by atoms with Crippen LogP contribution in [-0.2, 0) is 0 Å². The molecule has 0 unspecified atom stereocenters. The number of hydrogen-bond acceptors (Lipinski definition) is 4. The lowest BCUT2D eigenvalue weighted by molar-refractivity contribution is 0.0716. The average Bonchev–Trinajstić information content (AvgIpc) is 2.54. The van der Waals surface area contributed by atoms with Gasteiger partial charge in [-0.15, -0.1) is 11.8 Å². The number of likely N-dealkylation sites (tertiary alicyclic amines) is 1. The summed E-state index contributed by atoms with van der Waals surface area (Å²) in [6, 6.07) is 7.72. The molecule has 1 aliphatic heterocycles. The molecular formula is C15H17BrN2O2S. The van der Waals surface area contributed by atoms with E-state index >= 15 is 0 Å². The summed E-state index contributed by atoms with van der Waals surface area (Å²) in [6.07, 6.45) is 3.39. The minimum absolute atomic E-state index is 0.00555. The van der Waals surface area contributed by atoms with Crippen LogP contribution in [0.25, 0.3) is 0 Å². The smallest absolute Gasteiger partial charge is 0.253 e. The summed E-state index contributed by atoms with van der Waals surface area (Å²) in [4.78, 5) is 14.3. The number of amides is 1. The molecule has 4 nitrogen and oxygen atoms in total. The number of piperidine rings is 1. The summed E-state index contributed by atoms with van der Waals surface area (Å²) in [6.45, 7) is 1.24. The summed E-state index contributed by atoms with van der Waals surface area (Å²) in [5.74, 6) is 0.710. The Bertz CT molecular complexity index is 578. The Morgan fingerprint density at radius 3 is 2.62 bits per heavy atom. The second kappa shape index (κ2) is 6.71. The fraction of sp³-hybridized carbons (Fsp3) is 0.467. The fourth-order valence-corrected chi connectivity index (χ4v) is 3.64. The number of nitrogens with zero attached hydrogens (tertiary/aromatic N) is 2. The molecule has 0 radical (unpaired) electrons. The van der Waals surface area contributed by atoms with Gasteiger partial charge in [-0.3, -0.25) is 4.79 Å². The second-order valence-electron chi connectivity index (χ2n) is 4.95. The molecule has 0 saturated carbocycles. The third kappa shape index (κ3) is 3.35. The van der Waals surface area contributed by atoms with Crippen molar-refractivity contribution in [2.75, 3.05) is 26.5 Å². The van der Waals surface area contributed by atoms with E-state index in [0.717, 1.165) is 4.47 Å². The van der Waals surface area contributed by atoms with Gasteiger partial charge in [-0.05, 0) is 53.2 Å². The van der Waals surface area contributed by atoms with E-state index in [-0.39, 0.29) is 10.7 Å². The van der Waals surface area contributed by atoms with Crippen LogP contribution in [0.1, 0.15) is 23.2 Å². The number of nitriles is 1. The third-order valence-electron chi connectivity index (χ3n) is 3.85. The maximum atomic E-state index is 12.5. The predicted molar refractivity (Wildman–Crippen MR) is 87.7 cm³/mol. The Balaban J connectivity index is 2.09. The number of carbonyl (C=O) groups is 1. The summed E-state index contributed by atoms with van der Waals surface area (Å²) >= 11 is 4.98. The first-order chi connectivity index (χ1) is 10.0. The van der Waals surface area contributed by atoms with E-state index in [4.69, 9.17) is 4.74 Å². The van der Waals surface area contributed by atoms with E-state index in [1.165, 1.54) is 0 Å². The maximum Gasteiger partial charge on any atom is 0.253 e. The van der Waals surface area contributed by atoms with Crippen molar-refractivity contribution in [2.24, 2.45) is 0 Å². The minimum Gasteiger partial charge on any atom is -0.496 e. The lowest BCUT2D eigenvalue weighted by atomic mass is 9.96. The number of halogens is 1. The average molecular weight is 369 g/mol. The number of methoxy groups -OCH3 is 1. The monoisotopic (exact) mass is 368 g/mol. The van der Waals surface area contributed by atoms with E-state index in [9.17, 15) is 10.1 Å². The van der Waals surface area contributed by atoms with Crippen molar-refractivity contribution in [1.82, 2.24) is 4.90 Å². The third-order valence-corrected chi connectivity index (χ3v) is 5.75. The maximum absolute atomic E-state index is 12.5. The number of rotatable bonds is 3. The highest BCUT2D eigenvalue weighted by molar-refractivity contribution is 9.10. The van der Waals surface area contributed by atoms with Crippen molar-refractivity contribution in [3.63, 3.8) is 0 Å². The van der Waals surface area contributed by atoms with E-state index in [1.54, 1.807) is 37.1 Å². The van der Waals surface area contributed by atoms with Gasteiger partial charge >= 0.3 is 0 Å². The first-order valence-electron chi connectivity index (χ1n) is 6.64. The van der Waals surface area contributed by atoms with E-state index in [0.29, 0.717) is 37.2 Å². The first-order valence-corrected chi connectivity index (χ1v) is 8.66. The zero-order chi connectivity index (χ0) is 15.5. The summed E-state index contributed by atoms with van der Waals surface area (Å²) in [5.41, 5.74) is 0.635. The minimum atomic E-state index is -0.336. The molecule has 21 heavy (non-hydrogen) atoms. The Morgan fingerprint density at radius 2 is 2.14 bits per heavy atom. The topological polar surface area (TPSA) is 53.3 Å². The molecule has 0 N–H and O–H groups in total. The van der Waals surface area contributed by atoms with Gasteiger partial charge in [0.05, 0.1) is 17.7 Å². The van der Waals surface area contributed by atoms with Crippen LogP contribution in [-0.4, -0.2) is 42.0 Å². The van der Waals surface area contributed by atoms with Crippen molar-refractivity contribution in [3.8, 4) is 11.8 Å². The molecule has 0 aliphatic carbocycles. The largest absolute Gasteiger partial charge is 0.496 e. The van der Waals surface area contributed by atoms with Gasteiger partial charge in [0, 0.05) is 18.7 Å². The number of ether oxygens (including phenoxy) is 1. The van der Waals surface area contributed by atoms with Crippen LogP contribution in [0.15, 0.2) is 22.7 Å². The standard InChI is InChI=1S/C15H17BrN2O2S/c1-20-13-4-3-11(9-12(13)16)14(19)18-7-5-15(10-17,21-2)6-8-18/h3-4,9H,5-8H2,1-2H3. The van der Waals surface area contributed by atoms with E-state index in [1.807, 2.05) is 11.2 Å². The molecule has 0 bridgehead atoms.